The quantitative estimate of drug-likeness (QED) is 0.770. The van der Waals surface area contributed by atoms with Crippen molar-refractivity contribution in [1.29, 1.82) is 0 Å². The second-order valence-corrected chi connectivity index (χ2v) is 7.33. The third-order valence-electron chi connectivity index (χ3n) is 4.33. The minimum absolute atomic E-state index is 0.388. The number of aliphatic imine (C=N–C) groups is 1. The molecular weight excluding hydrogens is 354 g/mol. The standard InChI is InChI=1S/C19H26F2N4O2/c1-12(2)7-15-8-14(5-6-23-15)17(26)24-13(3)18(27)25-11-19(20,21)9-16(25)10-22-4/h5-6,8,10,12-13,16H,7,9,11H2,1-4H3,(H,24,26)/t13-,16-/m0/s1. The van der Waals surface area contributed by atoms with Crippen molar-refractivity contribution >= 4 is 18.0 Å². The Kier molecular flexibility index (Phi) is 6.62. The van der Waals surface area contributed by atoms with Crippen LogP contribution in [0, 0.1) is 5.92 Å². The van der Waals surface area contributed by atoms with E-state index in [0.717, 1.165) is 17.0 Å². The maximum absolute atomic E-state index is 13.7. The minimum atomic E-state index is -2.96. The summed E-state index contributed by atoms with van der Waals surface area (Å²) in [5.41, 5.74) is 1.17. The summed E-state index contributed by atoms with van der Waals surface area (Å²) in [6.45, 7) is 4.93. The molecule has 27 heavy (non-hydrogen) atoms. The predicted molar refractivity (Wildman–Crippen MR) is 99.2 cm³/mol. The second-order valence-electron chi connectivity index (χ2n) is 7.33. The minimum Gasteiger partial charge on any atom is -0.341 e. The van der Waals surface area contributed by atoms with Gasteiger partial charge in [0.2, 0.25) is 5.91 Å². The van der Waals surface area contributed by atoms with E-state index in [0.29, 0.717) is 11.5 Å². The molecule has 2 atom stereocenters. The number of alkyl halides is 2. The Morgan fingerprint density at radius 3 is 2.78 bits per heavy atom. The average Bonchev–Trinajstić information content (AvgIpc) is 2.88. The molecule has 0 radical (unpaired) electrons. The number of nitrogens with zero attached hydrogens (tertiary/aromatic N) is 3. The maximum Gasteiger partial charge on any atom is 0.267 e. The zero-order valence-electron chi connectivity index (χ0n) is 16.1. The molecule has 0 bridgehead atoms. The molecule has 2 amide bonds. The van der Waals surface area contributed by atoms with Crippen LogP contribution in [-0.4, -0.2) is 59.5 Å². The SMILES string of the molecule is CN=C[C@@H]1CC(F)(F)CN1C(=O)[C@H](C)NC(=O)c1ccnc(CC(C)C)c1. The number of rotatable bonds is 6. The number of likely N-dealkylation sites (tertiary alicyclic amines) is 1. The van der Waals surface area contributed by atoms with Gasteiger partial charge in [0.15, 0.2) is 0 Å². The topological polar surface area (TPSA) is 74.7 Å². The Morgan fingerprint density at radius 2 is 2.15 bits per heavy atom. The van der Waals surface area contributed by atoms with Gasteiger partial charge < -0.3 is 10.2 Å². The molecule has 1 N–H and O–H groups in total. The highest BCUT2D eigenvalue weighted by Gasteiger charge is 2.47. The summed E-state index contributed by atoms with van der Waals surface area (Å²) in [7, 11) is 1.47. The molecular formula is C19H26F2N4O2. The van der Waals surface area contributed by atoms with E-state index in [-0.39, 0.29) is 0 Å². The van der Waals surface area contributed by atoms with Gasteiger partial charge in [0.1, 0.15) is 6.04 Å². The molecule has 8 heteroatoms. The number of halogens is 2. The fourth-order valence-corrected chi connectivity index (χ4v) is 3.13. The second kappa shape index (κ2) is 8.54. The molecule has 0 aliphatic carbocycles. The Balaban J connectivity index is 2.06. The van der Waals surface area contributed by atoms with E-state index >= 15 is 0 Å². The van der Waals surface area contributed by atoms with E-state index in [2.05, 4.69) is 29.1 Å². The lowest BCUT2D eigenvalue weighted by Gasteiger charge is -2.25. The third kappa shape index (κ3) is 5.55. The lowest BCUT2D eigenvalue weighted by Crippen LogP contribution is -2.49. The largest absolute Gasteiger partial charge is 0.341 e. The van der Waals surface area contributed by atoms with Crippen molar-refractivity contribution in [3.8, 4) is 0 Å². The zero-order chi connectivity index (χ0) is 20.2. The molecule has 1 aromatic rings. The van der Waals surface area contributed by atoms with Gasteiger partial charge >= 0.3 is 0 Å². The number of aromatic nitrogens is 1. The number of hydrogen-bond donors (Lipinski definition) is 1. The molecule has 1 fully saturated rings. The summed E-state index contributed by atoms with van der Waals surface area (Å²) in [5, 5.41) is 2.60. The lowest BCUT2D eigenvalue weighted by molar-refractivity contribution is -0.133. The monoisotopic (exact) mass is 380 g/mol. The Labute approximate surface area is 158 Å². The van der Waals surface area contributed by atoms with E-state index < -0.39 is 42.8 Å². The van der Waals surface area contributed by atoms with E-state index in [9.17, 15) is 18.4 Å². The summed E-state index contributed by atoms with van der Waals surface area (Å²) in [6.07, 6.45) is 3.17. The van der Waals surface area contributed by atoms with Gasteiger partial charge in [0, 0.05) is 37.1 Å². The van der Waals surface area contributed by atoms with Crippen molar-refractivity contribution in [3.05, 3.63) is 29.6 Å². The predicted octanol–water partition coefficient (Wildman–Crippen LogP) is 2.34. The van der Waals surface area contributed by atoms with Crippen LogP contribution in [0.25, 0.3) is 0 Å². The normalized spacial score (nSPS) is 20.3. The summed E-state index contributed by atoms with van der Waals surface area (Å²) in [6, 6.07) is 1.55. The van der Waals surface area contributed by atoms with Crippen molar-refractivity contribution < 1.29 is 18.4 Å². The molecule has 1 aliphatic rings. The first-order chi connectivity index (χ1) is 12.6. The van der Waals surface area contributed by atoms with Crippen molar-refractivity contribution in [1.82, 2.24) is 15.2 Å². The van der Waals surface area contributed by atoms with Crippen LogP contribution in [0.1, 0.15) is 43.2 Å². The number of carbonyl (C=O) groups is 2. The van der Waals surface area contributed by atoms with Gasteiger partial charge in [-0.15, -0.1) is 0 Å². The van der Waals surface area contributed by atoms with Crippen LogP contribution in [0.4, 0.5) is 8.78 Å². The van der Waals surface area contributed by atoms with E-state index in [1.807, 2.05) is 0 Å². The van der Waals surface area contributed by atoms with Crippen molar-refractivity contribution in [3.63, 3.8) is 0 Å². The summed E-state index contributed by atoms with van der Waals surface area (Å²) >= 11 is 0. The average molecular weight is 380 g/mol. The number of hydrogen-bond acceptors (Lipinski definition) is 4. The number of amides is 2. The number of carbonyl (C=O) groups excluding carboxylic acids is 2. The van der Waals surface area contributed by atoms with Gasteiger partial charge in [-0.2, -0.15) is 0 Å². The number of nitrogens with one attached hydrogen (secondary N) is 1. The van der Waals surface area contributed by atoms with Gasteiger partial charge in [-0.3, -0.25) is 19.6 Å². The molecule has 148 valence electrons. The zero-order valence-corrected chi connectivity index (χ0v) is 16.1. The van der Waals surface area contributed by atoms with Crippen molar-refractivity contribution in [2.45, 2.75) is 51.6 Å². The number of pyridine rings is 1. The molecule has 0 aromatic carbocycles. The first kappa shape index (κ1) is 20.9. The summed E-state index contributed by atoms with van der Waals surface area (Å²) < 4.78 is 27.4. The van der Waals surface area contributed by atoms with Crippen LogP contribution in [0.2, 0.25) is 0 Å². The lowest BCUT2D eigenvalue weighted by atomic mass is 10.1. The molecule has 1 aromatic heterocycles. The molecule has 0 unspecified atom stereocenters. The highest BCUT2D eigenvalue weighted by Crippen LogP contribution is 2.31. The van der Waals surface area contributed by atoms with E-state index in [1.54, 1.807) is 18.3 Å². The third-order valence-corrected chi connectivity index (χ3v) is 4.33. The fraction of sp³-hybridized carbons (Fsp3) is 0.579. The van der Waals surface area contributed by atoms with Crippen LogP contribution in [-0.2, 0) is 11.2 Å². The van der Waals surface area contributed by atoms with Gasteiger partial charge in [0.25, 0.3) is 11.8 Å². The van der Waals surface area contributed by atoms with Gasteiger partial charge in [-0.1, -0.05) is 13.8 Å². The molecule has 2 rings (SSSR count). The van der Waals surface area contributed by atoms with Crippen LogP contribution in [0.5, 0.6) is 0 Å². The van der Waals surface area contributed by atoms with Crippen molar-refractivity contribution in [2.24, 2.45) is 10.9 Å². The summed E-state index contributed by atoms with van der Waals surface area (Å²) in [5.74, 6) is -3.55. The Morgan fingerprint density at radius 1 is 1.44 bits per heavy atom. The Hall–Kier alpha value is -2.38. The van der Waals surface area contributed by atoms with Crippen LogP contribution < -0.4 is 5.32 Å². The van der Waals surface area contributed by atoms with E-state index in [1.165, 1.54) is 20.2 Å². The highest BCUT2D eigenvalue weighted by atomic mass is 19.3. The van der Waals surface area contributed by atoms with Gasteiger partial charge in [-0.25, -0.2) is 8.78 Å². The fourth-order valence-electron chi connectivity index (χ4n) is 3.13. The van der Waals surface area contributed by atoms with Crippen molar-refractivity contribution in [2.75, 3.05) is 13.6 Å². The van der Waals surface area contributed by atoms with Crippen LogP contribution in [0.15, 0.2) is 23.3 Å². The molecule has 2 heterocycles. The molecule has 0 saturated carbocycles. The molecule has 6 nitrogen and oxygen atoms in total. The van der Waals surface area contributed by atoms with Gasteiger partial charge in [0.05, 0.1) is 12.6 Å². The first-order valence-electron chi connectivity index (χ1n) is 8.99. The van der Waals surface area contributed by atoms with Crippen LogP contribution >= 0.6 is 0 Å². The first-order valence-corrected chi connectivity index (χ1v) is 8.99. The van der Waals surface area contributed by atoms with Crippen LogP contribution in [0.3, 0.4) is 0 Å². The Bertz CT molecular complexity index is 721. The maximum atomic E-state index is 13.7. The molecule has 0 spiro atoms. The smallest absolute Gasteiger partial charge is 0.267 e. The summed E-state index contributed by atoms with van der Waals surface area (Å²) in [4.78, 5) is 34.1. The molecule has 1 aliphatic heterocycles. The van der Waals surface area contributed by atoms with Gasteiger partial charge in [-0.05, 0) is 31.4 Å². The molecule has 1 saturated heterocycles. The highest BCUT2D eigenvalue weighted by molar-refractivity contribution is 5.97. The van der Waals surface area contributed by atoms with E-state index in [4.69, 9.17) is 0 Å².